The Morgan fingerprint density at radius 1 is 2.00 bits per heavy atom. The average molecular weight is 111 g/mol. The molecule has 1 amide bonds. The fourth-order valence-corrected chi connectivity index (χ4v) is 0.570. The van der Waals surface area contributed by atoms with Gasteiger partial charge in [-0.05, 0) is 6.08 Å². The zero-order valence-electron chi connectivity index (χ0n) is 4.35. The van der Waals surface area contributed by atoms with Crippen LogP contribution in [0.2, 0.25) is 0 Å². The number of hydrogen-bond acceptors (Lipinski definition) is 2. The van der Waals surface area contributed by atoms with Crippen molar-refractivity contribution in [3.05, 3.63) is 12.3 Å². The van der Waals surface area contributed by atoms with E-state index in [9.17, 15) is 4.79 Å². The van der Waals surface area contributed by atoms with Crippen LogP contribution in [0.4, 0.5) is 0 Å². The molecule has 0 aromatic rings. The lowest BCUT2D eigenvalue weighted by Crippen LogP contribution is -2.25. The molecule has 0 saturated carbocycles. The summed E-state index contributed by atoms with van der Waals surface area (Å²) in [5, 5.41) is 2.75. The lowest BCUT2D eigenvalue weighted by Gasteiger charge is -1.97. The van der Waals surface area contributed by atoms with Gasteiger partial charge in [0.15, 0.2) is 0 Å². The van der Waals surface area contributed by atoms with Gasteiger partial charge in [-0.25, -0.2) is 0 Å². The molecule has 1 rings (SSSR count). The molecule has 0 fully saturated rings. The maximum atomic E-state index is 10.3. The summed E-state index contributed by atoms with van der Waals surface area (Å²) in [7, 11) is 0. The number of carbonyl (C=O) groups excluding carboxylic acids is 1. The summed E-state index contributed by atoms with van der Waals surface area (Å²) in [4.78, 5) is 10.3. The Kier molecular flexibility index (Phi) is 1.20. The van der Waals surface area contributed by atoms with Gasteiger partial charge in [0.1, 0.15) is 0 Å². The summed E-state index contributed by atoms with van der Waals surface area (Å²) >= 11 is 0. The van der Waals surface area contributed by atoms with Crippen molar-refractivity contribution in [1.82, 2.24) is 5.32 Å². The lowest BCUT2D eigenvalue weighted by molar-refractivity contribution is -0.120. The molecule has 3 nitrogen and oxygen atoms in total. The highest BCUT2D eigenvalue weighted by atomic mass is 16.1. The molecule has 3 N–H and O–H groups in total. The fourth-order valence-electron chi connectivity index (χ4n) is 0.570. The summed E-state index contributed by atoms with van der Waals surface area (Å²) in [6.45, 7) is 0.606. The SMILES string of the molecule is NC(=O)C1C=[C]NC1. The summed E-state index contributed by atoms with van der Waals surface area (Å²) in [5.41, 5.74) is 4.95. The molecule has 1 atom stereocenters. The minimum Gasteiger partial charge on any atom is -0.383 e. The van der Waals surface area contributed by atoms with Crippen LogP contribution in [-0.4, -0.2) is 12.5 Å². The average Bonchev–Trinajstić information content (AvgIpc) is 2.12. The smallest absolute Gasteiger partial charge is 0.226 e. The summed E-state index contributed by atoms with van der Waals surface area (Å²) < 4.78 is 0. The zero-order chi connectivity index (χ0) is 5.98. The number of amides is 1. The van der Waals surface area contributed by atoms with Gasteiger partial charge in [0.2, 0.25) is 5.91 Å². The number of nitrogens with one attached hydrogen (secondary N) is 1. The van der Waals surface area contributed by atoms with Crippen LogP contribution in [0.25, 0.3) is 0 Å². The van der Waals surface area contributed by atoms with Crippen molar-refractivity contribution in [1.29, 1.82) is 0 Å². The van der Waals surface area contributed by atoms with Gasteiger partial charge in [-0.2, -0.15) is 0 Å². The van der Waals surface area contributed by atoms with E-state index in [0.29, 0.717) is 6.54 Å². The van der Waals surface area contributed by atoms with Gasteiger partial charge < -0.3 is 11.1 Å². The standard InChI is InChI=1S/C5H7N2O/c6-5(8)4-1-2-7-3-4/h1,4,7H,3H2,(H2,6,8). The minimum atomic E-state index is -0.289. The maximum absolute atomic E-state index is 10.3. The molecule has 0 saturated heterocycles. The highest BCUT2D eigenvalue weighted by Gasteiger charge is 2.13. The number of nitrogens with two attached hydrogens (primary N) is 1. The van der Waals surface area contributed by atoms with Gasteiger partial charge >= 0.3 is 0 Å². The van der Waals surface area contributed by atoms with Crippen molar-refractivity contribution < 1.29 is 4.79 Å². The van der Waals surface area contributed by atoms with Gasteiger partial charge in [-0.3, -0.25) is 4.79 Å². The summed E-state index contributed by atoms with van der Waals surface area (Å²) in [5.74, 6) is -0.433. The fraction of sp³-hybridized carbons (Fsp3) is 0.400. The first kappa shape index (κ1) is 5.15. The van der Waals surface area contributed by atoms with Gasteiger partial charge in [0.05, 0.1) is 12.1 Å². The van der Waals surface area contributed by atoms with E-state index in [0.717, 1.165) is 0 Å². The Balaban J connectivity index is 2.48. The van der Waals surface area contributed by atoms with Crippen molar-refractivity contribution in [2.24, 2.45) is 11.7 Å². The number of primary amides is 1. The predicted molar refractivity (Wildman–Crippen MR) is 28.5 cm³/mol. The molecule has 0 aromatic heterocycles. The number of carbonyl (C=O) groups is 1. The Labute approximate surface area is 47.6 Å². The lowest BCUT2D eigenvalue weighted by atomic mass is 10.2. The maximum Gasteiger partial charge on any atom is 0.226 e. The van der Waals surface area contributed by atoms with Crippen molar-refractivity contribution in [3.8, 4) is 0 Å². The van der Waals surface area contributed by atoms with Gasteiger partial charge in [-0.1, -0.05) is 0 Å². The van der Waals surface area contributed by atoms with Gasteiger partial charge in [0.25, 0.3) is 0 Å². The second kappa shape index (κ2) is 1.86. The van der Waals surface area contributed by atoms with Gasteiger partial charge in [-0.15, -0.1) is 0 Å². The first-order chi connectivity index (χ1) is 3.80. The van der Waals surface area contributed by atoms with E-state index in [1.54, 1.807) is 6.08 Å². The Morgan fingerprint density at radius 3 is 3.00 bits per heavy atom. The molecular formula is C5H7N2O. The molecule has 0 bridgehead atoms. The number of hydrogen-bond donors (Lipinski definition) is 2. The van der Waals surface area contributed by atoms with E-state index in [-0.39, 0.29) is 11.8 Å². The van der Waals surface area contributed by atoms with E-state index in [1.165, 1.54) is 0 Å². The van der Waals surface area contributed by atoms with Crippen molar-refractivity contribution in [3.63, 3.8) is 0 Å². The molecule has 1 radical (unpaired) electrons. The van der Waals surface area contributed by atoms with Crippen LogP contribution in [0, 0.1) is 12.1 Å². The molecule has 0 spiro atoms. The van der Waals surface area contributed by atoms with Crippen LogP contribution in [0.15, 0.2) is 6.08 Å². The molecule has 0 aliphatic carbocycles. The molecule has 3 heteroatoms. The Hall–Kier alpha value is -0.990. The highest BCUT2D eigenvalue weighted by molar-refractivity contribution is 5.79. The van der Waals surface area contributed by atoms with E-state index in [1.807, 2.05) is 0 Å². The Bertz CT molecular complexity index is 130. The molecule has 0 aromatic carbocycles. The first-order valence-electron chi connectivity index (χ1n) is 2.42. The third kappa shape index (κ3) is 0.804. The highest BCUT2D eigenvalue weighted by Crippen LogP contribution is 1.99. The molecule has 1 aliphatic heterocycles. The number of rotatable bonds is 1. The van der Waals surface area contributed by atoms with Crippen molar-refractivity contribution in [2.45, 2.75) is 0 Å². The van der Waals surface area contributed by atoms with Crippen LogP contribution in [0.3, 0.4) is 0 Å². The third-order valence-corrected chi connectivity index (χ3v) is 1.07. The van der Waals surface area contributed by atoms with E-state index >= 15 is 0 Å². The predicted octanol–water partition coefficient (Wildman–Crippen LogP) is -0.992. The van der Waals surface area contributed by atoms with Crippen molar-refractivity contribution in [2.75, 3.05) is 6.54 Å². The van der Waals surface area contributed by atoms with Crippen LogP contribution in [-0.2, 0) is 4.79 Å². The zero-order valence-corrected chi connectivity index (χ0v) is 4.35. The van der Waals surface area contributed by atoms with Crippen molar-refractivity contribution >= 4 is 5.91 Å². The largest absolute Gasteiger partial charge is 0.383 e. The summed E-state index contributed by atoms with van der Waals surface area (Å²) in [6.07, 6.45) is 4.32. The topological polar surface area (TPSA) is 55.1 Å². The van der Waals surface area contributed by atoms with Gasteiger partial charge in [0, 0.05) is 6.54 Å². The molecule has 1 unspecified atom stereocenters. The first-order valence-corrected chi connectivity index (χ1v) is 2.42. The minimum absolute atomic E-state index is 0.144. The quantitative estimate of drug-likeness (QED) is 0.456. The second-order valence-corrected chi connectivity index (χ2v) is 1.70. The van der Waals surface area contributed by atoms with E-state index in [4.69, 9.17) is 5.73 Å². The second-order valence-electron chi connectivity index (χ2n) is 1.70. The van der Waals surface area contributed by atoms with E-state index in [2.05, 4.69) is 11.5 Å². The summed E-state index contributed by atoms with van der Waals surface area (Å²) in [6, 6.07) is 0. The van der Waals surface area contributed by atoms with Crippen LogP contribution in [0.5, 0.6) is 0 Å². The monoisotopic (exact) mass is 111 g/mol. The van der Waals surface area contributed by atoms with Crippen LogP contribution in [0.1, 0.15) is 0 Å². The van der Waals surface area contributed by atoms with Crippen LogP contribution < -0.4 is 11.1 Å². The molecule has 8 heavy (non-hydrogen) atoms. The molecule has 1 heterocycles. The third-order valence-electron chi connectivity index (χ3n) is 1.07. The molecule has 1 aliphatic rings. The van der Waals surface area contributed by atoms with Crippen LogP contribution >= 0.6 is 0 Å². The molecule has 43 valence electrons. The normalized spacial score (nSPS) is 25.2. The Morgan fingerprint density at radius 2 is 2.75 bits per heavy atom. The molecular weight excluding hydrogens is 104 g/mol. The van der Waals surface area contributed by atoms with E-state index < -0.39 is 0 Å².